The van der Waals surface area contributed by atoms with Gasteiger partial charge < -0.3 is 9.84 Å². The average Bonchev–Trinajstić information content (AvgIpc) is 2.46. The molecule has 1 aromatic carbocycles. The highest BCUT2D eigenvalue weighted by Crippen LogP contribution is 2.11. The topological polar surface area (TPSA) is 99.1 Å². The van der Waals surface area contributed by atoms with Crippen LogP contribution < -0.4 is 0 Å². The van der Waals surface area contributed by atoms with Crippen molar-refractivity contribution in [3.05, 3.63) is 47.5 Å². The second-order valence-corrected chi connectivity index (χ2v) is 4.50. The summed E-state index contributed by atoms with van der Waals surface area (Å²) in [6, 6.07) is 5.57. The highest BCUT2D eigenvalue weighted by Gasteiger charge is 2.18. The third kappa shape index (κ3) is 5.02. The molecule has 0 aliphatic carbocycles. The molecule has 0 aliphatic rings. The van der Waals surface area contributed by atoms with Gasteiger partial charge in [-0.1, -0.05) is 18.7 Å². The van der Waals surface area contributed by atoms with Crippen molar-refractivity contribution in [1.82, 2.24) is 0 Å². The van der Waals surface area contributed by atoms with E-state index >= 15 is 0 Å². The van der Waals surface area contributed by atoms with Crippen LogP contribution in [-0.2, 0) is 19.3 Å². The Labute approximate surface area is 127 Å². The molecular formula is C15H16O7. The highest BCUT2D eigenvalue weighted by atomic mass is 17.2. The van der Waals surface area contributed by atoms with E-state index in [4.69, 9.17) is 9.84 Å². The molecule has 7 nitrogen and oxygen atoms in total. The van der Waals surface area contributed by atoms with Crippen LogP contribution in [0.4, 0.5) is 0 Å². The number of carboxylic acids is 1. The number of hydrogen-bond donors (Lipinski definition) is 1. The molecular weight excluding hydrogens is 292 g/mol. The van der Waals surface area contributed by atoms with Gasteiger partial charge in [0.05, 0.1) is 11.1 Å². The molecule has 0 amide bonds. The molecule has 0 bridgehead atoms. The molecule has 1 N–H and O–H groups in total. The fourth-order valence-corrected chi connectivity index (χ4v) is 1.39. The summed E-state index contributed by atoms with van der Waals surface area (Å²) < 4.78 is 4.91. The van der Waals surface area contributed by atoms with Crippen molar-refractivity contribution in [2.45, 2.75) is 20.0 Å². The van der Waals surface area contributed by atoms with Gasteiger partial charge in [-0.15, -0.1) is 0 Å². The van der Waals surface area contributed by atoms with Gasteiger partial charge in [-0.3, -0.25) is 4.89 Å². The first-order chi connectivity index (χ1) is 10.3. The van der Waals surface area contributed by atoms with E-state index in [-0.39, 0.29) is 23.3 Å². The maximum Gasteiger partial charge on any atom is 0.373 e. The normalized spacial score (nSPS) is 11.4. The minimum atomic E-state index is -1.25. The average molecular weight is 308 g/mol. The van der Waals surface area contributed by atoms with Gasteiger partial charge >= 0.3 is 17.9 Å². The summed E-state index contributed by atoms with van der Waals surface area (Å²) in [6.07, 6.45) is -0.660. The van der Waals surface area contributed by atoms with Crippen molar-refractivity contribution < 1.29 is 34.0 Å². The van der Waals surface area contributed by atoms with Gasteiger partial charge in [0.15, 0.2) is 0 Å². The Balaban J connectivity index is 2.52. The molecule has 1 atom stereocenters. The Morgan fingerprint density at radius 3 is 2.36 bits per heavy atom. The first kappa shape index (κ1) is 17.4. The number of aromatic carboxylic acids is 1. The van der Waals surface area contributed by atoms with Gasteiger partial charge in [-0.25, -0.2) is 14.4 Å². The van der Waals surface area contributed by atoms with Crippen molar-refractivity contribution in [2.75, 3.05) is 6.61 Å². The van der Waals surface area contributed by atoms with Gasteiger partial charge in [0.1, 0.15) is 12.7 Å². The molecule has 0 fully saturated rings. The number of carbonyl (C=O) groups excluding carboxylic acids is 2. The zero-order valence-corrected chi connectivity index (χ0v) is 12.2. The predicted octanol–water partition coefficient (Wildman–Crippen LogP) is 1.98. The van der Waals surface area contributed by atoms with E-state index in [0.717, 1.165) is 0 Å². The maximum absolute atomic E-state index is 11.7. The summed E-state index contributed by atoms with van der Waals surface area (Å²) in [5.41, 5.74) is -0.0985. The molecule has 1 aromatic rings. The molecule has 1 unspecified atom stereocenters. The van der Waals surface area contributed by atoms with Crippen LogP contribution in [0.1, 0.15) is 34.6 Å². The molecule has 0 spiro atoms. The van der Waals surface area contributed by atoms with Crippen LogP contribution in [-0.4, -0.2) is 35.7 Å². The molecule has 0 aliphatic heterocycles. The Morgan fingerprint density at radius 1 is 1.23 bits per heavy atom. The molecule has 7 heteroatoms. The minimum Gasteiger partial charge on any atom is -0.478 e. The quantitative estimate of drug-likeness (QED) is 0.356. The van der Waals surface area contributed by atoms with E-state index in [9.17, 15) is 14.4 Å². The van der Waals surface area contributed by atoms with E-state index in [0.29, 0.717) is 0 Å². The predicted molar refractivity (Wildman–Crippen MR) is 75.1 cm³/mol. The monoisotopic (exact) mass is 308 g/mol. The molecule has 1 rings (SSSR count). The summed E-state index contributed by atoms with van der Waals surface area (Å²) in [6.45, 7) is 6.27. The summed E-state index contributed by atoms with van der Waals surface area (Å²) in [5.74, 6) is -2.79. The van der Waals surface area contributed by atoms with Crippen LogP contribution in [0, 0.1) is 0 Å². The summed E-state index contributed by atoms with van der Waals surface area (Å²) in [4.78, 5) is 43.2. The lowest BCUT2D eigenvalue weighted by atomic mass is 10.1. The van der Waals surface area contributed by atoms with Crippen molar-refractivity contribution in [3.8, 4) is 0 Å². The zero-order valence-electron chi connectivity index (χ0n) is 12.2. The first-order valence-corrected chi connectivity index (χ1v) is 6.35. The lowest BCUT2D eigenvalue weighted by Crippen LogP contribution is -2.22. The molecule has 0 aromatic heterocycles. The van der Waals surface area contributed by atoms with Crippen LogP contribution in [0.15, 0.2) is 36.4 Å². The lowest BCUT2D eigenvalue weighted by molar-refractivity contribution is -0.254. The number of carbonyl (C=O) groups is 3. The minimum absolute atomic E-state index is 0.137. The summed E-state index contributed by atoms with van der Waals surface area (Å²) in [7, 11) is 0. The van der Waals surface area contributed by atoms with E-state index in [1.165, 1.54) is 31.2 Å². The highest BCUT2D eigenvalue weighted by molar-refractivity contribution is 6.02. The second-order valence-electron chi connectivity index (χ2n) is 4.50. The van der Waals surface area contributed by atoms with Crippen LogP contribution >= 0.6 is 0 Å². The maximum atomic E-state index is 11.7. The Bertz CT molecular complexity index is 591. The molecule has 118 valence electrons. The zero-order chi connectivity index (χ0) is 16.7. The standard InChI is InChI=1S/C15H16O7/c1-9(2)14(18)21-10(3)8-20-22-15(19)12-7-5-4-6-11(12)13(16)17/h4-7,10H,1,8H2,2-3H3,(H,16,17). The van der Waals surface area contributed by atoms with Crippen LogP contribution in [0.3, 0.4) is 0 Å². The number of carboxylic acid groups (broad SMARTS) is 1. The van der Waals surface area contributed by atoms with Crippen molar-refractivity contribution in [3.63, 3.8) is 0 Å². The summed E-state index contributed by atoms with van der Waals surface area (Å²) in [5, 5.41) is 8.96. The van der Waals surface area contributed by atoms with Crippen LogP contribution in [0.5, 0.6) is 0 Å². The first-order valence-electron chi connectivity index (χ1n) is 6.35. The van der Waals surface area contributed by atoms with E-state index in [1.807, 2.05) is 0 Å². The third-order valence-electron chi connectivity index (χ3n) is 2.47. The van der Waals surface area contributed by atoms with Crippen molar-refractivity contribution in [2.24, 2.45) is 0 Å². The van der Waals surface area contributed by atoms with Gasteiger partial charge in [0, 0.05) is 5.57 Å². The number of benzene rings is 1. The van der Waals surface area contributed by atoms with Gasteiger partial charge in [0.25, 0.3) is 0 Å². The molecule has 0 saturated heterocycles. The Morgan fingerprint density at radius 2 is 1.82 bits per heavy atom. The van der Waals surface area contributed by atoms with E-state index in [1.54, 1.807) is 6.92 Å². The van der Waals surface area contributed by atoms with Crippen LogP contribution in [0.25, 0.3) is 0 Å². The van der Waals surface area contributed by atoms with Crippen molar-refractivity contribution in [1.29, 1.82) is 0 Å². The van der Waals surface area contributed by atoms with Gasteiger partial charge in [0.2, 0.25) is 0 Å². The van der Waals surface area contributed by atoms with Gasteiger partial charge in [-0.05, 0) is 26.0 Å². The Kier molecular flexibility index (Phi) is 6.27. The molecule has 0 radical (unpaired) electrons. The third-order valence-corrected chi connectivity index (χ3v) is 2.47. The van der Waals surface area contributed by atoms with Gasteiger partial charge in [-0.2, -0.15) is 4.89 Å². The number of hydrogen-bond acceptors (Lipinski definition) is 6. The second kappa shape index (κ2) is 7.94. The van der Waals surface area contributed by atoms with E-state index < -0.39 is 24.0 Å². The molecule has 0 heterocycles. The summed E-state index contributed by atoms with van der Waals surface area (Å²) >= 11 is 0. The number of ether oxygens (including phenoxy) is 1. The molecule has 22 heavy (non-hydrogen) atoms. The largest absolute Gasteiger partial charge is 0.478 e. The smallest absolute Gasteiger partial charge is 0.373 e. The lowest BCUT2D eigenvalue weighted by Gasteiger charge is -2.12. The number of esters is 1. The van der Waals surface area contributed by atoms with Crippen LogP contribution in [0.2, 0.25) is 0 Å². The Hall–Kier alpha value is -2.67. The fourth-order valence-electron chi connectivity index (χ4n) is 1.39. The fraction of sp³-hybridized carbons (Fsp3) is 0.267. The van der Waals surface area contributed by atoms with E-state index in [2.05, 4.69) is 16.4 Å². The molecule has 0 saturated carbocycles. The number of rotatable bonds is 7. The van der Waals surface area contributed by atoms with Crippen molar-refractivity contribution >= 4 is 17.9 Å². The SMILES string of the molecule is C=C(C)C(=O)OC(C)COOC(=O)c1ccccc1C(=O)O.